The van der Waals surface area contributed by atoms with E-state index in [1.165, 1.54) is 28.2 Å². The van der Waals surface area contributed by atoms with Crippen LogP contribution < -0.4 is 10.6 Å². The van der Waals surface area contributed by atoms with Crippen LogP contribution in [0.1, 0.15) is 31.4 Å². The van der Waals surface area contributed by atoms with Crippen molar-refractivity contribution < 1.29 is 4.79 Å². The Morgan fingerprint density at radius 1 is 1.44 bits per heavy atom. The molecule has 0 aliphatic carbocycles. The Balaban J connectivity index is 1.92. The summed E-state index contributed by atoms with van der Waals surface area (Å²) in [5.41, 5.74) is 2.60. The molecule has 0 spiro atoms. The number of nitrogens with one attached hydrogen (secondary N) is 2. The fourth-order valence-corrected chi connectivity index (χ4v) is 3.04. The molecule has 0 saturated heterocycles. The average Bonchev–Trinajstić information content (AvgIpc) is 2.35. The molecule has 1 aliphatic heterocycles. The summed E-state index contributed by atoms with van der Waals surface area (Å²) in [6.45, 7) is 4.50. The normalized spacial score (nSPS) is 14.2. The van der Waals surface area contributed by atoms with Crippen molar-refractivity contribution in [1.29, 1.82) is 0 Å². The lowest BCUT2D eigenvalue weighted by Gasteiger charge is -2.16. The number of carbonyl (C=O) groups is 1. The van der Waals surface area contributed by atoms with Gasteiger partial charge in [-0.25, -0.2) is 4.79 Å². The van der Waals surface area contributed by atoms with Gasteiger partial charge in [0.1, 0.15) is 0 Å². The van der Waals surface area contributed by atoms with Crippen LogP contribution in [-0.2, 0) is 13.0 Å². The maximum Gasteiger partial charge on any atom is 0.315 e. The van der Waals surface area contributed by atoms with Gasteiger partial charge in [0, 0.05) is 17.5 Å². The van der Waals surface area contributed by atoms with E-state index in [1.807, 2.05) is 25.6 Å². The lowest BCUT2D eigenvalue weighted by molar-refractivity contribution is 0.238. The Morgan fingerprint density at radius 3 is 3.06 bits per heavy atom. The lowest BCUT2D eigenvalue weighted by Crippen LogP contribution is -2.39. The van der Waals surface area contributed by atoms with Crippen molar-refractivity contribution in [3.05, 3.63) is 29.3 Å². The van der Waals surface area contributed by atoms with E-state index < -0.39 is 0 Å². The van der Waals surface area contributed by atoms with Crippen LogP contribution in [0.5, 0.6) is 0 Å². The van der Waals surface area contributed by atoms with Crippen molar-refractivity contribution in [3.8, 4) is 0 Å². The van der Waals surface area contributed by atoms with Crippen LogP contribution in [0.2, 0.25) is 0 Å². The van der Waals surface area contributed by atoms with Crippen LogP contribution in [-0.4, -0.2) is 17.8 Å². The molecule has 0 saturated carbocycles. The number of fused-ring (bicyclic) bond motifs is 1. The van der Waals surface area contributed by atoms with Gasteiger partial charge in [0.15, 0.2) is 0 Å². The number of amides is 2. The third-order valence-electron chi connectivity index (χ3n) is 2.85. The molecule has 0 fully saturated rings. The Hall–Kier alpha value is -1.16. The molecule has 1 aromatic rings. The van der Waals surface area contributed by atoms with Crippen LogP contribution in [0.3, 0.4) is 0 Å². The van der Waals surface area contributed by atoms with Crippen molar-refractivity contribution in [2.75, 3.05) is 5.75 Å². The predicted octanol–water partition coefficient (Wildman–Crippen LogP) is 2.93. The summed E-state index contributed by atoms with van der Waals surface area (Å²) in [5, 5.41) is 5.70. The van der Waals surface area contributed by atoms with Gasteiger partial charge in [-0.1, -0.05) is 12.1 Å². The molecule has 4 heteroatoms. The first kappa shape index (κ1) is 13.3. The zero-order valence-corrected chi connectivity index (χ0v) is 11.8. The number of rotatable bonds is 3. The van der Waals surface area contributed by atoms with Crippen LogP contribution in [0, 0.1) is 0 Å². The highest BCUT2D eigenvalue weighted by atomic mass is 32.2. The monoisotopic (exact) mass is 264 g/mol. The minimum absolute atomic E-state index is 0.0999. The van der Waals surface area contributed by atoms with Crippen molar-refractivity contribution in [1.82, 2.24) is 10.6 Å². The number of carbonyl (C=O) groups excluding carboxylic acids is 1. The van der Waals surface area contributed by atoms with Crippen LogP contribution in [0.4, 0.5) is 4.79 Å². The second-order valence-electron chi connectivity index (χ2n) is 4.88. The molecule has 1 aromatic carbocycles. The molecule has 2 amide bonds. The molecule has 2 rings (SSSR count). The molecule has 1 heterocycles. The third-order valence-corrected chi connectivity index (χ3v) is 4.05. The standard InChI is InChI=1S/C14H20N2OS/c1-10(2)16-14(17)15-9-11-5-6-13-12(8-11)4-3-7-18-13/h5-6,8,10H,3-4,7,9H2,1-2H3,(H2,15,16,17). The maximum absolute atomic E-state index is 11.5. The van der Waals surface area contributed by atoms with Crippen LogP contribution >= 0.6 is 11.8 Å². The molecule has 0 bridgehead atoms. The Morgan fingerprint density at radius 2 is 2.28 bits per heavy atom. The summed E-state index contributed by atoms with van der Waals surface area (Å²) in [6.07, 6.45) is 2.41. The van der Waals surface area contributed by atoms with Gasteiger partial charge in [0.2, 0.25) is 0 Å². The zero-order valence-electron chi connectivity index (χ0n) is 11.0. The second kappa shape index (κ2) is 6.14. The van der Waals surface area contributed by atoms with E-state index in [0.29, 0.717) is 6.54 Å². The molecule has 0 unspecified atom stereocenters. The largest absolute Gasteiger partial charge is 0.336 e. The van der Waals surface area contributed by atoms with Gasteiger partial charge in [-0.2, -0.15) is 0 Å². The summed E-state index contributed by atoms with van der Waals surface area (Å²) in [6, 6.07) is 6.57. The van der Waals surface area contributed by atoms with Crippen molar-refractivity contribution in [3.63, 3.8) is 0 Å². The number of thioether (sulfide) groups is 1. The van der Waals surface area contributed by atoms with Gasteiger partial charge in [-0.15, -0.1) is 11.8 Å². The summed E-state index contributed by atoms with van der Waals surface area (Å²) >= 11 is 1.93. The first-order valence-electron chi connectivity index (χ1n) is 6.44. The molecule has 0 aromatic heterocycles. The average molecular weight is 264 g/mol. The fraction of sp³-hybridized carbons (Fsp3) is 0.500. The highest BCUT2D eigenvalue weighted by Crippen LogP contribution is 2.30. The number of hydrogen-bond acceptors (Lipinski definition) is 2. The highest BCUT2D eigenvalue weighted by molar-refractivity contribution is 7.99. The Kier molecular flexibility index (Phi) is 4.53. The Labute approximate surface area is 113 Å². The van der Waals surface area contributed by atoms with Gasteiger partial charge >= 0.3 is 6.03 Å². The van der Waals surface area contributed by atoms with E-state index in [2.05, 4.69) is 28.8 Å². The molecule has 0 radical (unpaired) electrons. The summed E-state index contributed by atoms with van der Waals surface area (Å²) in [7, 11) is 0. The SMILES string of the molecule is CC(C)NC(=O)NCc1ccc2c(c1)CCCS2. The van der Waals surface area contributed by atoms with Crippen molar-refractivity contribution >= 4 is 17.8 Å². The van der Waals surface area contributed by atoms with Crippen LogP contribution in [0.15, 0.2) is 23.1 Å². The minimum atomic E-state index is -0.0999. The molecule has 0 atom stereocenters. The fourth-order valence-electron chi connectivity index (χ4n) is 2.02. The Bertz CT molecular complexity index is 432. The summed E-state index contributed by atoms with van der Waals surface area (Å²) in [5.74, 6) is 1.22. The van der Waals surface area contributed by atoms with Gasteiger partial charge in [0.25, 0.3) is 0 Å². The highest BCUT2D eigenvalue weighted by Gasteiger charge is 2.10. The first-order valence-corrected chi connectivity index (χ1v) is 7.42. The molecule has 3 nitrogen and oxygen atoms in total. The molecule has 98 valence electrons. The van der Waals surface area contributed by atoms with E-state index in [9.17, 15) is 4.79 Å². The van der Waals surface area contributed by atoms with Gasteiger partial charge < -0.3 is 10.6 Å². The molecular formula is C14H20N2OS. The number of aryl methyl sites for hydroxylation is 1. The lowest BCUT2D eigenvalue weighted by atomic mass is 10.1. The smallest absolute Gasteiger partial charge is 0.315 e. The second-order valence-corrected chi connectivity index (χ2v) is 6.01. The summed E-state index contributed by atoms with van der Waals surface area (Å²) < 4.78 is 0. The number of hydrogen-bond donors (Lipinski definition) is 2. The maximum atomic E-state index is 11.5. The summed E-state index contributed by atoms with van der Waals surface area (Å²) in [4.78, 5) is 12.9. The number of benzene rings is 1. The van der Waals surface area contributed by atoms with Crippen molar-refractivity contribution in [2.24, 2.45) is 0 Å². The van der Waals surface area contributed by atoms with Gasteiger partial charge in [-0.3, -0.25) is 0 Å². The van der Waals surface area contributed by atoms with Crippen LogP contribution in [0.25, 0.3) is 0 Å². The minimum Gasteiger partial charge on any atom is -0.336 e. The number of urea groups is 1. The predicted molar refractivity (Wildman–Crippen MR) is 76.0 cm³/mol. The third kappa shape index (κ3) is 3.67. The zero-order chi connectivity index (χ0) is 13.0. The van der Waals surface area contributed by atoms with Gasteiger partial charge in [0.05, 0.1) is 0 Å². The van der Waals surface area contributed by atoms with E-state index in [4.69, 9.17) is 0 Å². The molecular weight excluding hydrogens is 244 g/mol. The molecule has 18 heavy (non-hydrogen) atoms. The van der Waals surface area contributed by atoms with E-state index in [-0.39, 0.29) is 12.1 Å². The van der Waals surface area contributed by atoms with Gasteiger partial charge in [-0.05, 0) is 49.6 Å². The molecule has 1 aliphatic rings. The first-order chi connectivity index (χ1) is 8.65. The topological polar surface area (TPSA) is 41.1 Å². The van der Waals surface area contributed by atoms with Crippen molar-refractivity contribution in [2.45, 2.75) is 44.2 Å². The molecule has 2 N–H and O–H groups in total. The van der Waals surface area contributed by atoms with E-state index >= 15 is 0 Å². The van der Waals surface area contributed by atoms with E-state index in [1.54, 1.807) is 0 Å². The van der Waals surface area contributed by atoms with E-state index in [0.717, 1.165) is 6.42 Å². The quantitative estimate of drug-likeness (QED) is 0.881.